The average molecular weight is 247 g/mol. The maximum Gasteiger partial charge on any atom is 0.336 e. The fourth-order valence-electron chi connectivity index (χ4n) is 1.71. The zero-order valence-electron chi connectivity index (χ0n) is 10.2. The van der Waals surface area contributed by atoms with Crippen LogP contribution in [0.25, 0.3) is 0 Å². The molecule has 0 saturated carbocycles. The number of aromatic nitrogens is 1. The molecule has 0 amide bonds. The van der Waals surface area contributed by atoms with Crippen molar-refractivity contribution in [2.45, 2.75) is 26.7 Å². The number of carbonyl (C=O) groups excluding carboxylic acids is 2. The number of nitrogens with zero attached hydrogens (tertiary/aromatic N) is 1. The fraction of sp³-hybridized carbons (Fsp3) is 0.308. The summed E-state index contributed by atoms with van der Waals surface area (Å²) in [6.45, 7) is 3.83. The third-order valence-corrected chi connectivity index (χ3v) is 2.59. The van der Waals surface area contributed by atoms with Crippen molar-refractivity contribution in [1.82, 2.24) is 4.98 Å². The molecule has 2 heterocycles. The van der Waals surface area contributed by atoms with Crippen LogP contribution in [0, 0.1) is 6.92 Å². The lowest BCUT2D eigenvalue weighted by atomic mass is 10.1. The first-order valence-electron chi connectivity index (χ1n) is 5.72. The Labute approximate surface area is 104 Å². The summed E-state index contributed by atoms with van der Waals surface area (Å²) in [5, 5.41) is 0. The predicted octanol–water partition coefficient (Wildman–Crippen LogP) is 1.72. The van der Waals surface area contributed by atoms with E-state index in [9.17, 15) is 9.59 Å². The molecule has 0 bridgehead atoms. The van der Waals surface area contributed by atoms with Gasteiger partial charge in [0.2, 0.25) is 0 Å². The maximum absolute atomic E-state index is 11.4. The summed E-state index contributed by atoms with van der Waals surface area (Å²) in [4.78, 5) is 27.0. The van der Waals surface area contributed by atoms with Crippen LogP contribution in [0.3, 0.4) is 0 Å². The predicted molar refractivity (Wildman–Crippen MR) is 63.4 cm³/mol. The van der Waals surface area contributed by atoms with Crippen molar-refractivity contribution in [3.8, 4) is 11.5 Å². The summed E-state index contributed by atoms with van der Waals surface area (Å²) in [6, 6.07) is 0. The SMILES string of the molecule is CCCc1ncc2c(c1C)OC(=O)/C=C\C(=O)O2. The highest BCUT2D eigenvalue weighted by molar-refractivity contribution is 5.95. The van der Waals surface area contributed by atoms with Crippen molar-refractivity contribution in [2.24, 2.45) is 0 Å². The van der Waals surface area contributed by atoms with Gasteiger partial charge in [0.25, 0.3) is 0 Å². The highest BCUT2D eigenvalue weighted by Gasteiger charge is 2.20. The number of esters is 2. The molecule has 1 aliphatic rings. The number of ether oxygens (including phenoxy) is 2. The molecule has 1 aromatic heterocycles. The fourth-order valence-corrected chi connectivity index (χ4v) is 1.71. The molecular formula is C13H13NO4. The van der Waals surface area contributed by atoms with E-state index >= 15 is 0 Å². The molecule has 94 valence electrons. The molecule has 5 nitrogen and oxygen atoms in total. The lowest BCUT2D eigenvalue weighted by Crippen LogP contribution is -2.15. The first kappa shape index (κ1) is 12.3. The number of hydrogen-bond acceptors (Lipinski definition) is 5. The van der Waals surface area contributed by atoms with Gasteiger partial charge in [0.05, 0.1) is 6.20 Å². The van der Waals surface area contributed by atoms with Gasteiger partial charge < -0.3 is 9.47 Å². The molecule has 0 fully saturated rings. The summed E-state index contributed by atoms with van der Waals surface area (Å²) in [7, 11) is 0. The maximum atomic E-state index is 11.4. The van der Waals surface area contributed by atoms with Gasteiger partial charge in [-0.3, -0.25) is 4.98 Å². The Hall–Kier alpha value is -2.17. The summed E-state index contributed by atoms with van der Waals surface area (Å²) < 4.78 is 10.2. The van der Waals surface area contributed by atoms with E-state index in [4.69, 9.17) is 9.47 Å². The van der Waals surface area contributed by atoms with E-state index in [0.717, 1.165) is 36.3 Å². The van der Waals surface area contributed by atoms with Crippen molar-refractivity contribution in [2.75, 3.05) is 0 Å². The van der Waals surface area contributed by atoms with Crippen LogP contribution >= 0.6 is 0 Å². The van der Waals surface area contributed by atoms with Crippen LogP contribution in [0.1, 0.15) is 24.6 Å². The zero-order valence-corrected chi connectivity index (χ0v) is 10.2. The molecular weight excluding hydrogens is 234 g/mol. The van der Waals surface area contributed by atoms with Gasteiger partial charge in [0.1, 0.15) is 0 Å². The number of pyridine rings is 1. The Kier molecular flexibility index (Phi) is 3.41. The van der Waals surface area contributed by atoms with Crippen LogP contribution < -0.4 is 9.47 Å². The molecule has 0 unspecified atom stereocenters. The quantitative estimate of drug-likeness (QED) is 0.744. The topological polar surface area (TPSA) is 65.5 Å². The van der Waals surface area contributed by atoms with Gasteiger partial charge in [-0.15, -0.1) is 0 Å². The van der Waals surface area contributed by atoms with Crippen LogP contribution in [-0.4, -0.2) is 16.9 Å². The summed E-state index contributed by atoms with van der Waals surface area (Å²) >= 11 is 0. The number of fused-ring (bicyclic) bond motifs is 1. The van der Waals surface area contributed by atoms with Crippen molar-refractivity contribution in [1.29, 1.82) is 0 Å². The highest BCUT2D eigenvalue weighted by Crippen LogP contribution is 2.33. The van der Waals surface area contributed by atoms with Gasteiger partial charge >= 0.3 is 11.9 Å². The Bertz CT molecular complexity index is 534. The van der Waals surface area contributed by atoms with Crippen molar-refractivity contribution >= 4 is 11.9 Å². The van der Waals surface area contributed by atoms with E-state index in [1.165, 1.54) is 6.20 Å². The Morgan fingerprint density at radius 1 is 1.17 bits per heavy atom. The highest BCUT2D eigenvalue weighted by atomic mass is 16.6. The first-order valence-corrected chi connectivity index (χ1v) is 5.72. The third-order valence-electron chi connectivity index (χ3n) is 2.59. The summed E-state index contributed by atoms with van der Waals surface area (Å²) in [5.41, 5.74) is 1.57. The van der Waals surface area contributed by atoms with Crippen LogP contribution in [0.5, 0.6) is 11.5 Å². The summed E-state index contributed by atoms with van der Waals surface area (Å²) in [5.74, 6) is -0.756. The standard InChI is InChI=1S/C13H13NO4/c1-3-4-9-8(2)13-10(7-14-9)17-11(15)5-6-12(16)18-13/h5-7H,3-4H2,1-2H3/b6-5-. The second-order valence-electron chi connectivity index (χ2n) is 3.95. The molecule has 0 atom stereocenters. The van der Waals surface area contributed by atoms with E-state index in [1.54, 1.807) is 6.92 Å². The average Bonchev–Trinajstić information content (AvgIpc) is 2.33. The van der Waals surface area contributed by atoms with Gasteiger partial charge in [-0.2, -0.15) is 0 Å². The van der Waals surface area contributed by atoms with E-state index in [2.05, 4.69) is 4.98 Å². The van der Waals surface area contributed by atoms with Crippen LogP contribution in [0.15, 0.2) is 18.3 Å². The second-order valence-corrected chi connectivity index (χ2v) is 3.95. The smallest absolute Gasteiger partial charge is 0.336 e. The lowest BCUT2D eigenvalue weighted by Gasteiger charge is -2.15. The minimum atomic E-state index is -0.614. The third kappa shape index (κ3) is 2.40. The normalized spacial score (nSPS) is 16.1. The summed E-state index contributed by atoms with van der Waals surface area (Å²) in [6.07, 6.45) is 5.20. The number of hydrogen-bond donors (Lipinski definition) is 0. The lowest BCUT2D eigenvalue weighted by molar-refractivity contribution is -0.133. The Balaban J connectivity index is 2.48. The first-order chi connectivity index (χ1) is 8.61. The largest absolute Gasteiger partial charge is 0.419 e. The molecule has 0 N–H and O–H groups in total. The van der Waals surface area contributed by atoms with E-state index < -0.39 is 11.9 Å². The molecule has 0 aromatic carbocycles. The van der Waals surface area contributed by atoms with E-state index in [-0.39, 0.29) is 11.5 Å². The molecule has 0 saturated heterocycles. The molecule has 0 aliphatic carbocycles. The molecule has 0 spiro atoms. The van der Waals surface area contributed by atoms with E-state index in [1.807, 2.05) is 6.92 Å². The Morgan fingerprint density at radius 2 is 1.83 bits per heavy atom. The second kappa shape index (κ2) is 5.00. The minimum absolute atomic E-state index is 0.176. The van der Waals surface area contributed by atoms with Gasteiger partial charge in [-0.05, 0) is 13.3 Å². The van der Waals surface area contributed by atoms with E-state index in [0.29, 0.717) is 0 Å². The molecule has 1 aliphatic heterocycles. The molecule has 2 rings (SSSR count). The van der Waals surface area contributed by atoms with Gasteiger partial charge in [0.15, 0.2) is 11.5 Å². The van der Waals surface area contributed by atoms with Crippen molar-refractivity contribution < 1.29 is 19.1 Å². The van der Waals surface area contributed by atoms with Gasteiger partial charge in [-0.1, -0.05) is 13.3 Å². The number of carbonyl (C=O) groups is 2. The van der Waals surface area contributed by atoms with Crippen LogP contribution in [0.4, 0.5) is 0 Å². The van der Waals surface area contributed by atoms with Gasteiger partial charge in [0, 0.05) is 23.4 Å². The minimum Gasteiger partial charge on any atom is -0.419 e. The van der Waals surface area contributed by atoms with Gasteiger partial charge in [-0.25, -0.2) is 9.59 Å². The molecule has 18 heavy (non-hydrogen) atoms. The molecule has 5 heteroatoms. The number of rotatable bonds is 2. The molecule has 0 radical (unpaired) electrons. The van der Waals surface area contributed by atoms with Crippen LogP contribution in [-0.2, 0) is 16.0 Å². The molecule has 1 aromatic rings. The van der Waals surface area contributed by atoms with Crippen molar-refractivity contribution in [3.63, 3.8) is 0 Å². The van der Waals surface area contributed by atoms with Crippen molar-refractivity contribution in [3.05, 3.63) is 29.6 Å². The number of aryl methyl sites for hydroxylation is 1. The van der Waals surface area contributed by atoms with Crippen LogP contribution in [0.2, 0.25) is 0 Å². The Morgan fingerprint density at radius 3 is 2.50 bits per heavy atom. The zero-order chi connectivity index (χ0) is 13.1. The monoisotopic (exact) mass is 247 g/mol.